The highest BCUT2D eigenvalue weighted by Gasteiger charge is 2.35. The number of azo groups is 1. The van der Waals surface area contributed by atoms with Crippen LogP contribution in [0.15, 0.2) is 10.2 Å². The Morgan fingerprint density at radius 3 is 1.39 bits per heavy atom. The molecule has 0 aliphatic heterocycles. The Kier molecular flexibility index (Phi) is 8.44. The van der Waals surface area contributed by atoms with Gasteiger partial charge in [-0.15, -0.1) is 0 Å². The van der Waals surface area contributed by atoms with Crippen LogP contribution in [-0.4, -0.2) is 24.4 Å². The van der Waals surface area contributed by atoms with Gasteiger partial charge in [0.05, 0.1) is 0 Å². The Balaban J connectivity index is 1.89. The van der Waals surface area contributed by atoms with E-state index in [0.717, 1.165) is 38.5 Å². The Bertz CT molecular complexity index is 513. The molecule has 28 heavy (non-hydrogen) atoms. The molecule has 2 saturated carbocycles. The first-order valence-corrected chi connectivity index (χ1v) is 11.0. The van der Waals surface area contributed by atoms with Gasteiger partial charge in [-0.3, -0.25) is 0 Å². The van der Waals surface area contributed by atoms with E-state index in [-0.39, 0.29) is 12.2 Å². The molecule has 0 N–H and O–H groups in total. The van der Waals surface area contributed by atoms with Crippen molar-refractivity contribution in [3.05, 3.63) is 0 Å². The molecule has 2 rings (SSSR count). The molecule has 0 saturated heterocycles. The summed E-state index contributed by atoms with van der Waals surface area (Å²) in [5, 5.41) is 6.96. The summed E-state index contributed by atoms with van der Waals surface area (Å²) in [6.07, 6.45) is 4.18. The summed E-state index contributed by atoms with van der Waals surface area (Å²) in [4.78, 5) is 24.2. The minimum absolute atomic E-state index is 0.157. The highest BCUT2D eigenvalue weighted by atomic mass is 16.6. The van der Waals surface area contributed by atoms with E-state index < -0.39 is 12.2 Å². The smallest absolute Gasteiger partial charge is 0.443 e. The topological polar surface area (TPSA) is 77.3 Å². The van der Waals surface area contributed by atoms with E-state index in [4.69, 9.17) is 9.47 Å². The fraction of sp³-hybridized carbons (Fsp3) is 0.909. The lowest BCUT2D eigenvalue weighted by Gasteiger charge is -2.36. The van der Waals surface area contributed by atoms with Crippen LogP contribution in [0.5, 0.6) is 0 Å². The third-order valence-corrected chi connectivity index (χ3v) is 6.64. The maximum atomic E-state index is 12.1. The molecule has 6 heteroatoms. The minimum atomic E-state index is -0.792. The lowest BCUT2D eigenvalue weighted by atomic mass is 9.75. The number of amides is 2. The fourth-order valence-electron chi connectivity index (χ4n) is 4.89. The number of carbonyl (C=O) groups is 2. The monoisotopic (exact) mass is 394 g/mol. The van der Waals surface area contributed by atoms with Crippen LogP contribution in [0, 0.1) is 35.5 Å². The van der Waals surface area contributed by atoms with Crippen LogP contribution in [0.2, 0.25) is 0 Å². The van der Waals surface area contributed by atoms with Crippen molar-refractivity contribution < 1.29 is 19.1 Å². The molecule has 0 unspecified atom stereocenters. The molecule has 2 aliphatic carbocycles. The lowest BCUT2D eigenvalue weighted by molar-refractivity contribution is 0.00559. The van der Waals surface area contributed by atoms with Crippen molar-refractivity contribution in [2.24, 2.45) is 45.7 Å². The summed E-state index contributed by atoms with van der Waals surface area (Å²) < 4.78 is 11.1. The molecule has 6 atom stereocenters. The van der Waals surface area contributed by atoms with Crippen LogP contribution < -0.4 is 0 Å². The zero-order valence-corrected chi connectivity index (χ0v) is 18.4. The average molecular weight is 395 g/mol. The van der Waals surface area contributed by atoms with Gasteiger partial charge in [-0.1, -0.05) is 64.6 Å². The van der Waals surface area contributed by atoms with Gasteiger partial charge in [0.25, 0.3) is 0 Å². The Morgan fingerprint density at radius 2 is 1.07 bits per heavy atom. The summed E-state index contributed by atoms with van der Waals surface area (Å²) >= 11 is 0. The molecule has 0 spiro atoms. The van der Waals surface area contributed by atoms with Crippen LogP contribution in [0.25, 0.3) is 0 Å². The molecule has 6 nitrogen and oxygen atoms in total. The lowest BCUT2D eigenvalue weighted by Crippen LogP contribution is -2.35. The van der Waals surface area contributed by atoms with Gasteiger partial charge >= 0.3 is 12.2 Å². The average Bonchev–Trinajstić information content (AvgIpc) is 2.59. The zero-order chi connectivity index (χ0) is 20.8. The van der Waals surface area contributed by atoms with E-state index in [1.807, 2.05) is 0 Å². The highest BCUT2D eigenvalue weighted by Crippen LogP contribution is 2.36. The second-order valence-electron chi connectivity index (χ2n) is 9.70. The molecule has 0 radical (unpaired) electrons. The summed E-state index contributed by atoms with van der Waals surface area (Å²) in [5.74, 6) is 2.59. The minimum Gasteiger partial charge on any atom is -0.443 e. The molecule has 0 aromatic rings. The van der Waals surface area contributed by atoms with E-state index in [9.17, 15) is 9.59 Å². The van der Waals surface area contributed by atoms with Crippen molar-refractivity contribution >= 4 is 12.2 Å². The molecular weight excluding hydrogens is 356 g/mol. The van der Waals surface area contributed by atoms with E-state index in [1.165, 1.54) is 0 Å². The Morgan fingerprint density at radius 1 is 0.714 bits per heavy atom. The molecular formula is C22H38N2O4. The van der Waals surface area contributed by atoms with Gasteiger partial charge < -0.3 is 9.47 Å². The van der Waals surface area contributed by atoms with E-state index in [2.05, 4.69) is 51.8 Å². The van der Waals surface area contributed by atoms with Gasteiger partial charge in [-0.2, -0.15) is 0 Å². The number of nitrogens with zero attached hydrogens (tertiary/aromatic N) is 2. The predicted molar refractivity (Wildman–Crippen MR) is 108 cm³/mol. The van der Waals surface area contributed by atoms with Crippen LogP contribution in [-0.2, 0) is 9.47 Å². The number of hydrogen-bond donors (Lipinski definition) is 0. The van der Waals surface area contributed by atoms with Gasteiger partial charge in [0.1, 0.15) is 12.2 Å². The maximum Gasteiger partial charge on any atom is 0.452 e. The summed E-state index contributed by atoms with van der Waals surface area (Å²) in [6, 6.07) is 0. The van der Waals surface area contributed by atoms with Crippen molar-refractivity contribution in [3.63, 3.8) is 0 Å². The second-order valence-corrected chi connectivity index (χ2v) is 9.70. The first kappa shape index (κ1) is 22.8. The largest absolute Gasteiger partial charge is 0.452 e. The van der Waals surface area contributed by atoms with Crippen molar-refractivity contribution in [3.8, 4) is 0 Å². The third kappa shape index (κ3) is 6.56. The molecule has 2 aliphatic rings. The van der Waals surface area contributed by atoms with Gasteiger partial charge in [0.15, 0.2) is 0 Å². The number of rotatable bonds is 4. The number of ether oxygens (including phenoxy) is 2. The Labute approximate surface area is 169 Å². The predicted octanol–water partition coefficient (Wildman–Crippen LogP) is 6.63. The van der Waals surface area contributed by atoms with Crippen LogP contribution >= 0.6 is 0 Å². The summed E-state index contributed by atoms with van der Waals surface area (Å²) in [7, 11) is 0. The molecule has 0 aromatic carbocycles. The molecule has 0 heterocycles. The van der Waals surface area contributed by atoms with E-state index in [1.54, 1.807) is 0 Å². The molecule has 160 valence electrons. The molecule has 0 aromatic heterocycles. The first-order valence-electron chi connectivity index (χ1n) is 11.0. The van der Waals surface area contributed by atoms with E-state index in [0.29, 0.717) is 35.5 Å². The van der Waals surface area contributed by atoms with Gasteiger partial charge in [-0.05, 0) is 61.2 Å². The number of hydrogen-bond acceptors (Lipinski definition) is 4. The summed E-state index contributed by atoms with van der Waals surface area (Å²) in [6.45, 7) is 12.9. The number of carbonyl (C=O) groups excluding carboxylic acids is 2. The Hall–Kier alpha value is -1.46. The first-order chi connectivity index (χ1) is 13.2. The molecule has 2 fully saturated rings. The van der Waals surface area contributed by atoms with Crippen LogP contribution in [0.1, 0.15) is 80.1 Å². The van der Waals surface area contributed by atoms with E-state index >= 15 is 0 Å². The zero-order valence-electron chi connectivity index (χ0n) is 18.4. The molecule has 0 bridgehead atoms. The van der Waals surface area contributed by atoms with Crippen LogP contribution in [0.3, 0.4) is 0 Å². The summed E-state index contributed by atoms with van der Waals surface area (Å²) in [5.41, 5.74) is 0. The molecule has 2 amide bonds. The van der Waals surface area contributed by atoms with Crippen molar-refractivity contribution in [1.29, 1.82) is 0 Å². The standard InChI is InChI=1S/C22H38N2O4/c1-13(2)17-9-7-15(5)11-19(17)27-21(25)23-24-22(26)28-20-12-16(6)8-10-18(20)14(3)4/h13-20H,7-12H2,1-6H3/t15-,16-,17-,18+,19-,20-/m1/s1. The quantitative estimate of drug-likeness (QED) is 0.501. The van der Waals surface area contributed by atoms with Gasteiger partial charge in [-0.25, -0.2) is 9.59 Å². The normalized spacial score (nSPS) is 34.0. The SMILES string of the molecule is CC(C)[C@H]1CC[C@@H](C)C[C@H]1OC(=O)N=NC(=O)O[C@@H]1C[C@H](C)CC[C@H]1C(C)C. The fourth-order valence-corrected chi connectivity index (χ4v) is 4.89. The van der Waals surface area contributed by atoms with Crippen molar-refractivity contribution in [2.45, 2.75) is 92.3 Å². The maximum absolute atomic E-state index is 12.1. The van der Waals surface area contributed by atoms with Gasteiger partial charge in [0, 0.05) is 0 Å². The van der Waals surface area contributed by atoms with Crippen LogP contribution in [0.4, 0.5) is 9.59 Å². The second kappa shape index (κ2) is 10.4. The van der Waals surface area contributed by atoms with Crippen molar-refractivity contribution in [1.82, 2.24) is 0 Å². The van der Waals surface area contributed by atoms with Gasteiger partial charge in [0.2, 0.25) is 0 Å². The third-order valence-electron chi connectivity index (χ3n) is 6.64. The van der Waals surface area contributed by atoms with Crippen molar-refractivity contribution in [2.75, 3.05) is 0 Å². The highest BCUT2D eigenvalue weighted by molar-refractivity contribution is 5.73.